The maximum atomic E-state index is 11.4. The average Bonchev–Trinajstić information content (AvgIpc) is 2.91. The van der Waals surface area contributed by atoms with Crippen molar-refractivity contribution in [3.05, 3.63) is 0 Å². The van der Waals surface area contributed by atoms with Gasteiger partial charge in [-0.15, -0.1) is 0 Å². The van der Waals surface area contributed by atoms with Crippen LogP contribution in [0.15, 0.2) is 0 Å². The third-order valence-electron chi connectivity index (χ3n) is 2.82. The van der Waals surface area contributed by atoms with Crippen molar-refractivity contribution in [3.8, 4) is 0 Å². The van der Waals surface area contributed by atoms with Gasteiger partial charge in [0, 0.05) is 25.0 Å². The van der Waals surface area contributed by atoms with Crippen LogP contribution in [0.1, 0.15) is 25.7 Å². The molecule has 74 valence electrons. The van der Waals surface area contributed by atoms with Crippen LogP contribution in [0.5, 0.6) is 0 Å². The Morgan fingerprint density at radius 1 is 1.23 bits per heavy atom. The lowest BCUT2D eigenvalue weighted by atomic mass is 10.1. The molecule has 3 N–H and O–H groups in total. The molecule has 13 heavy (non-hydrogen) atoms. The van der Waals surface area contributed by atoms with Crippen LogP contribution < -0.4 is 11.2 Å². The zero-order chi connectivity index (χ0) is 9.26. The van der Waals surface area contributed by atoms with Crippen LogP contribution in [0, 0.1) is 5.92 Å². The second-order valence-electron chi connectivity index (χ2n) is 4.09. The van der Waals surface area contributed by atoms with Crippen LogP contribution >= 0.6 is 0 Å². The molecule has 2 rings (SSSR count). The Balaban J connectivity index is 1.72. The molecule has 0 unspecified atom stereocenters. The Bertz CT molecular complexity index is 195. The Morgan fingerprint density at radius 3 is 2.38 bits per heavy atom. The number of hydrazine groups is 1. The van der Waals surface area contributed by atoms with E-state index in [9.17, 15) is 4.79 Å². The van der Waals surface area contributed by atoms with Gasteiger partial charge in [-0.05, 0) is 25.7 Å². The summed E-state index contributed by atoms with van der Waals surface area (Å²) in [5.74, 6) is 6.21. The topological polar surface area (TPSA) is 58.4 Å². The van der Waals surface area contributed by atoms with E-state index in [1.54, 1.807) is 0 Å². The normalized spacial score (nSPS) is 25.9. The van der Waals surface area contributed by atoms with E-state index in [0.29, 0.717) is 12.0 Å². The monoisotopic (exact) mass is 183 g/mol. The summed E-state index contributed by atoms with van der Waals surface area (Å²) in [5.41, 5.74) is 0. The number of carbonyl (C=O) groups is 1. The first-order chi connectivity index (χ1) is 6.25. The SMILES string of the molecule is NN1CCC(NC(=O)C2CC2)CC1. The number of hydrogen-bond acceptors (Lipinski definition) is 3. The lowest BCUT2D eigenvalue weighted by Gasteiger charge is -2.29. The third-order valence-corrected chi connectivity index (χ3v) is 2.82. The molecular formula is C9H17N3O. The smallest absolute Gasteiger partial charge is 0.223 e. The fourth-order valence-electron chi connectivity index (χ4n) is 1.71. The van der Waals surface area contributed by atoms with Crippen LogP contribution in [-0.4, -0.2) is 30.0 Å². The van der Waals surface area contributed by atoms with E-state index in [-0.39, 0.29) is 5.91 Å². The highest BCUT2D eigenvalue weighted by Crippen LogP contribution is 2.29. The Morgan fingerprint density at radius 2 is 1.85 bits per heavy atom. The van der Waals surface area contributed by atoms with E-state index in [4.69, 9.17) is 5.84 Å². The number of nitrogens with zero attached hydrogens (tertiary/aromatic N) is 1. The number of hydrogen-bond donors (Lipinski definition) is 2. The van der Waals surface area contributed by atoms with Crippen molar-refractivity contribution < 1.29 is 4.79 Å². The molecule has 0 aromatic rings. The van der Waals surface area contributed by atoms with E-state index in [0.717, 1.165) is 38.8 Å². The van der Waals surface area contributed by atoms with Gasteiger partial charge in [0.15, 0.2) is 0 Å². The van der Waals surface area contributed by atoms with Crippen molar-refractivity contribution in [3.63, 3.8) is 0 Å². The Kier molecular flexibility index (Phi) is 2.51. The van der Waals surface area contributed by atoms with Gasteiger partial charge in [0.1, 0.15) is 0 Å². The summed E-state index contributed by atoms with van der Waals surface area (Å²) >= 11 is 0. The molecule has 1 saturated carbocycles. The standard InChI is InChI=1S/C9H17N3O/c10-12-5-3-8(4-6-12)11-9(13)7-1-2-7/h7-8H,1-6,10H2,(H,11,13). The van der Waals surface area contributed by atoms with Crippen LogP contribution in [0.2, 0.25) is 0 Å². The van der Waals surface area contributed by atoms with E-state index in [1.807, 2.05) is 5.01 Å². The summed E-state index contributed by atoms with van der Waals surface area (Å²) < 4.78 is 0. The summed E-state index contributed by atoms with van der Waals surface area (Å²) in [6.07, 6.45) is 4.16. The molecule has 2 fully saturated rings. The summed E-state index contributed by atoms with van der Waals surface area (Å²) in [6.45, 7) is 1.80. The first-order valence-corrected chi connectivity index (χ1v) is 5.06. The highest BCUT2D eigenvalue weighted by Gasteiger charge is 2.31. The molecule has 2 aliphatic rings. The number of nitrogens with two attached hydrogens (primary N) is 1. The van der Waals surface area contributed by atoms with Crippen molar-refractivity contribution in [2.24, 2.45) is 11.8 Å². The second kappa shape index (κ2) is 3.64. The average molecular weight is 183 g/mol. The molecule has 0 radical (unpaired) electrons. The van der Waals surface area contributed by atoms with Gasteiger partial charge >= 0.3 is 0 Å². The molecule has 1 heterocycles. The Labute approximate surface area is 78.4 Å². The molecular weight excluding hydrogens is 166 g/mol. The van der Waals surface area contributed by atoms with Gasteiger partial charge < -0.3 is 5.32 Å². The lowest BCUT2D eigenvalue weighted by molar-refractivity contribution is -0.123. The first kappa shape index (κ1) is 8.97. The lowest BCUT2D eigenvalue weighted by Crippen LogP contribution is -2.47. The number of carbonyl (C=O) groups excluding carboxylic acids is 1. The second-order valence-corrected chi connectivity index (χ2v) is 4.09. The molecule has 1 aliphatic heterocycles. The summed E-state index contributed by atoms with van der Waals surface area (Å²) in [7, 11) is 0. The summed E-state index contributed by atoms with van der Waals surface area (Å²) in [6, 6.07) is 0.368. The van der Waals surface area contributed by atoms with Gasteiger partial charge in [-0.1, -0.05) is 0 Å². The summed E-state index contributed by atoms with van der Waals surface area (Å²) in [5, 5.41) is 4.90. The molecule has 4 nitrogen and oxygen atoms in total. The van der Waals surface area contributed by atoms with Gasteiger partial charge in [-0.2, -0.15) is 0 Å². The molecule has 1 saturated heterocycles. The molecule has 0 aromatic heterocycles. The highest BCUT2D eigenvalue weighted by atomic mass is 16.2. The van der Waals surface area contributed by atoms with Crippen molar-refractivity contribution >= 4 is 5.91 Å². The minimum Gasteiger partial charge on any atom is -0.353 e. The minimum absolute atomic E-state index is 0.260. The summed E-state index contributed by atoms with van der Waals surface area (Å²) in [4.78, 5) is 11.4. The highest BCUT2D eigenvalue weighted by molar-refractivity contribution is 5.81. The number of amides is 1. The molecule has 0 bridgehead atoms. The van der Waals surface area contributed by atoms with Gasteiger partial charge in [-0.3, -0.25) is 10.6 Å². The largest absolute Gasteiger partial charge is 0.353 e. The Hall–Kier alpha value is -0.610. The molecule has 1 amide bonds. The molecule has 0 spiro atoms. The first-order valence-electron chi connectivity index (χ1n) is 5.06. The fourth-order valence-corrected chi connectivity index (χ4v) is 1.71. The third kappa shape index (κ3) is 2.42. The van der Waals surface area contributed by atoms with E-state index >= 15 is 0 Å². The van der Waals surface area contributed by atoms with Crippen LogP contribution in [-0.2, 0) is 4.79 Å². The van der Waals surface area contributed by atoms with E-state index in [2.05, 4.69) is 5.32 Å². The van der Waals surface area contributed by atoms with Crippen LogP contribution in [0.4, 0.5) is 0 Å². The molecule has 1 aliphatic carbocycles. The van der Waals surface area contributed by atoms with Gasteiger partial charge in [-0.25, -0.2) is 5.01 Å². The molecule has 0 atom stereocenters. The molecule has 0 aromatic carbocycles. The predicted octanol–water partition coefficient (Wildman–Crippen LogP) is -0.149. The zero-order valence-corrected chi connectivity index (χ0v) is 7.83. The van der Waals surface area contributed by atoms with Crippen LogP contribution in [0.25, 0.3) is 0 Å². The maximum Gasteiger partial charge on any atom is 0.223 e. The number of nitrogens with one attached hydrogen (secondary N) is 1. The quantitative estimate of drug-likeness (QED) is 0.585. The maximum absolute atomic E-state index is 11.4. The van der Waals surface area contributed by atoms with Gasteiger partial charge in [0.05, 0.1) is 0 Å². The van der Waals surface area contributed by atoms with Crippen molar-refractivity contribution in [1.82, 2.24) is 10.3 Å². The predicted molar refractivity (Wildman–Crippen MR) is 49.6 cm³/mol. The minimum atomic E-state index is 0.260. The fraction of sp³-hybridized carbons (Fsp3) is 0.889. The van der Waals surface area contributed by atoms with Crippen molar-refractivity contribution in [2.45, 2.75) is 31.7 Å². The molecule has 4 heteroatoms. The van der Waals surface area contributed by atoms with Crippen molar-refractivity contribution in [1.29, 1.82) is 0 Å². The zero-order valence-electron chi connectivity index (χ0n) is 7.83. The van der Waals surface area contributed by atoms with E-state index in [1.165, 1.54) is 0 Å². The number of piperidine rings is 1. The van der Waals surface area contributed by atoms with Crippen molar-refractivity contribution in [2.75, 3.05) is 13.1 Å². The van der Waals surface area contributed by atoms with E-state index < -0.39 is 0 Å². The van der Waals surface area contributed by atoms with Gasteiger partial charge in [0.25, 0.3) is 0 Å². The number of rotatable bonds is 2. The van der Waals surface area contributed by atoms with Crippen LogP contribution in [0.3, 0.4) is 0 Å². The van der Waals surface area contributed by atoms with Gasteiger partial charge in [0.2, 0.25) is 5.91 Å².